The lowest BCUT2D eigenvalue weighted by atomic mass is 10.1. The third kappa shape index (κ3) is 4.41. The van der Waals surface area contributed by atoms with Crippen molar-refractivity contribution in [1.29, 1.82) is 0 Å². The number of rotatable bonds is 6. The van der Waals surface area contributed by atoms with Crippen LogP contribution in [0.25, 0.3) is 0 Å². The largest absolute Gasteiger partial charge is 0.467 e. The monoisotopic (exact) mass is 328 g/mol. The van der Waals surface area contributed by atoms with Crippen molar-refractivity contribution in [3.05, 3.63) is 47.4 Å². The van der Waals surface area contributed by atoms with Gasteiger partial charge in [0, 0.05) is 5.69 Å². The summed E-state index contributed by atoms with van der Waals surface area (Å²) in [6.45, 7) is 2.04. The van der Waals surface area contributed by atoms with E-state index in [0.717, 1.165) is 24.1 Å². The van der Waals surface area contributed by atoms with Crippen molar-refractivity contribution in [2.75, 3.05) is 16.3 Å². The second-order valence-electron chi connectivity index (χ2n) is 4.69. The van der Waals surface area contributed by atoms with Crippen molar-refractivity contribution in [3.8, 4) is 0 Å². The van der Waals surface area contributed by atoms with Gasteiger partial charge in [-0.05, 0) is 36.8 Å². The second kappa shape index (κ2) is 6.41. The van der Waals surface area contributed by atoms with Gasteiger partial charge in [-0.25, -0.2) is 8.42 Å². The lowest BCUT2D eigenvalue weighted by molar-refractivity contribution is 0.474. The van der Waals surface area contributed by atoms with Crippen molar-refractivity contribution >= 4 is 33.0 Å². The maximum absolute atomic E-state index is 11.2. The Morgan fingerprint density at radius 1 is 1.33 bits per heavy atom. The summed E-state index contributed by atoms with van der Waals surface area (Å²) in [6, 6.07) is 8.85. The van der Waals surface area contributed by atoms with E-state index in [1.165, 1.54) is 0 Å². The third-order valence-electron chi connectivity index (χ3n) is 2.90. The molecule has 0 radical (unpaired) electrons. The Balaban J connectivity index is 2.16. The first-order chi connectivity index (χ1) is 9.89. The number of sulfonamides is 1. The summed E-state index contributed by atoms with van der Waals surface area (Å²) in [7, 11) is -3.35. The predicted molar refractivity (Wildman–Crippen MR) is 85.3 cm³/mol. The molecule has 2 N–H and O–H groups in total. The number of benzene rings is 1. The minimum atomic E-state index is -3.35. The van der Waals surface area contributed by atoms with Gasteiger partial charge in [0.1, 0.15) is 5.76 Å². The maximum atomic E-state index is 11.2. The van der Waals surface area contributed by atoms with Crippen LogP contribution < -0.4 is 10.0 Å². The lowest BCUT2D eigenvalue weighted by Crippen LogP contribution is -2.11. The fraction of sp³-hybridized carbons (Fsp3) is 0.286. The van der Waals surface area contributed by atoms with E-state index in [4.69, 9.17) is 16.0 Å². The van der Waals surface area contributed by atoms with Gasteiger partial charge in [0.25, 0.3) is 0 Å². The van der Waals surface area contributed by atoms with Gasteiger partial charge in [-0.3, -0.25) is 4.72 Å². The molecule has 1 unspecified atom stereocenters. The summed E-state index contributed by atoms with van der Waals surface area (Å²) in [5, 5.41) is 3.64. The molecule has 0 saturated carbocycles. The molecular formula is C14H17ClN2O3S. The fourth-order valence-corrected chi connectivity index (χ4v) is 2.81. The standard InChI is InChI=1S/C14H17ClN2O3S/c1-3-12(14-5-4-8-20-14)16-10-6-7-13(11(15)9-10)17-21(2,18)19/h4-9,12,16-17H,3H2,1-2H3. The molecule has 0 aliphatic heterocycles. The van der Waals surface area contributed by atoms with Crippen molar-refractivity contribution < 1.29 is 12.8 Å². The Morgan fingerprint density at radius 2 is 2.10 bits per heavy atom. The second-order valence-corrected chi connectivity index (χ2v) is 6.85. The zero-order chi connectivity index (χ0) is 15.5. The van der Waals surface area contributed by atoms with E-state index in [2.05, 4.69) is 10.0 Å². The Hall–Kier alpha value is -1.66. The summed E-state index contributed by atoms with van der Waals surface area (Å²) in [6.07, 6.45) is 3.56. The smallest absolute Gasteiger partial charge is 0.229 e. The molecule has 0 saturated heterocycles. The van der Waals surface area contributed by atoms with E-state index in [1.807, 2.05) is 19.1 Å². The average Bonchev–Trinajstić information content (AvgIpc) is 2.91. The summed E-state index contributed by atoms with van der Waals surface area (Å²) in [4.78, 5) is 0. The van der Waals surface area contributed by atoms with Crippen LogP contribution in [0.3, 0.4) is 0 Å². The van der Waals surface area contributed by atoms with E-state index in [0.29, 0.717) is 10.7 Å². The third-order valence-corrected chi connectivity index (χ3v) is 3.80. The molecule has 5 nitrogen and oxygen atoms in total. The molecule has 1 atom stereocenters. The number of hydrogen-bond acceptors (Lipinski definition) is 4. The molecule has 0 fully saturated rings. The highest BCUT2D eigenvalue weighted by Crippen LogP contribution is 2.29. The first kappa shape index (κ1) is 15.7. The number of anilines is 2. The predicted octanol–water partition coefficient (Wildman–Crippen LogP) is 3.87. The molecule has 0 aliphatic rings. The van der Waals surface area contributed by atoms with Crippen molar-refractivity contribution in [2.45, 2.75) is 19.4 Å². The molecule has 7 heteroatoms. The Labute approximate surface area is 129 Å². The van der Waals surface area contributed by atoms with Gasteiger partial charge in [-0.15, -0.1) is 0 Å². The summed E-state index contributed by atoms with van der Waals surface area (Å²) >= 11 is 6.10. The van der Waals surface area contributed by atoms with Gasteiger partial charge in [0.15, 0.2) is 0 Å². The molecular weight excluding hydrogens is 312 g/mol. The summed E-state index contributed by atoms with van der Waals surface area (Å²) < 4.78 is 30.2. The lowest BCUT2D eigenvalue weighted by Gasteiger charge is -2.17. The number of halogens is 1. The zero-order valence-electron chi connectivity index (χ0n) is 11.8. The average molecular weight is 329 g/mol. The van der Waals surface area contributed by atoms with Crippen LogP contribution in [-0.2, 0) is 10.0 Å². The van der Waals surface area contributed by atoms with Crippen LogP contribution in [0.5, 0.6) is 0 Å². The van der Waals surface area contributed by atoms with Gasteiger partial charge < -0.3 is 9.73 Å². The molecule has 2 rings (SSSR count). The Bertz CT molecular complexity index is 699. The number of furan rings is 1. The minimum absolute atomic E-state index is 0.0322. The molecule has 1 heterocycles. The summed E-state index contributed by atoms with van der Waals surface area (Å²) in [5.74, 6) is 0.840. The van der Waals surface area contributed by atoms with Crippen LogP contribution in [0.4, 0.5) is 11.4 Å². The van der Waals surface area contributed by atoms with Crippen LogP contribution in [0.1, 0.15) is 25.1 Å². The molecule has 1 aromatic carbocycles. The van der Waals surface area contributed by atoms with Gasteiger partial charge in [0.05, 0.1) is 29.3 Å². The van der Waals surface area contributed by atoms with Crippen LogP contribution >= 0.6 is 11.6 Å². The van der Waals surface area contributed by atoms with E-state index < -0.39 is 10.0 Å². The normalized spacial score (nSPS) is 12.9. The molecule has 21 heavy (non-hydrogen) atoms. The maximum Gasteiger partial charge on any atom is 0.229 e. The Kier molecular flexibility index (Phi) is 4.80. The number of nitrogens with one attached hydrogen (secondary N) is 2. The molecule has 0 aliphatic carbocycles. The molecule has 0 bridgehead atoms. The van der Waals surface area contributed by atoms with Gasteiger partial charge in [-0.2, -0.15) is 0 Å². The van der Waals surface area contributed by atoms with Crippen LogP contribution in [-0.4, -0.2) is 14.7 Å². The van der Waals surface area contributed by atoms with Crippen molar-refractivity contribution in [3.63, 3.8) is 0 Å². The molecule has 2 aromatic rings. The molecule has 1 aromatic heterocycles. The minimum Gasteiger partial charge on any atom is -0.467 e. The van der Waals surface area contributed by atoms with Crippen molar-refractivity contribution in [1.82, 2.24) is 0 Å². The quantitative estimate of drug-likeness (QED) is 0.844. The highest BCUT2D eigenvalue weighted by atomic mass is 35.5. The fourth-order valence-electron chi connectivity index (χ4n) is 1.95. The Morgan fingerprint density at radius 3 is 2.62 bits per heavy atom. The van der Waals surface area contributed by atoms with Crippen LogP contribution in [0, 0.1) is 0 Å². The van der Waals surface area contributed by atoms with Gasteiger partial charge in [0.2, 0.25) is 10.0 Å². The van der Waals surface area contributed by atoms with Gasteiger partial charge in [-0.1, -0.05) is 18.5 Å². The van der Waals surface area contributed by atoms with Crippen LogP contribution in [0.15, 0.2) is 41.0 Å². The first-order valence-corrected chi connectivity index (χ1v) is 8.73. The molecule has 0 amide bonds. The van der Waals surface area contributed by atoms with E-state index in [1.54, 1.807) is 24.5 Å². The topological polar surface area (TPSA) is 71.3 Å². The SMILES string of the molecule is CCC(Nc1ccc(NS(C)(=O)=O)c(Cl)c1)c1ccco1. The van der Waals surface area contributed by atoms with E-state index in [-0.39, 0.29) is 6.04 Å². The van der Waals surface area contributed by atoms with Crippen LogP contribution in [0.2, 0.25) is 5.02 Å². The van der Waals surface area contributed by atoms with E-state index >= 15 is 0 Å². The highest BCUT2D eigenvalue weighted by molar-refractivity contribution is 7.92. The first-order valence-electron chi connectivity index (χ1n) is 6.46. The number of hydrogen-bond donors (Lipinski definition) is 2. The van der Waals surface area contributed by atoms with Crippen molar-refractivity contribution in [2.24, 2.45) is 0 Å². The molecule has 114 valence electrons. The molecule has 0 spiro atoms. The van der Waals surface area contributed by atoms with Gasteiger partial charge >= 0.3 is 0 Å². The van der Waals surface area contributed by atoms with E-state index in [9.17, 15) is 8.42 Å². The zero-order valence-corrected chi connectivity index (χ0v) is 13.3. The summed E-state index contributed by atoms with van der Waals surface area (Å²) in [5.41, 5.74) is 1.15. The highest BCUT2D eigenvalue weighted by Gasteiger charge is 2.13.